The number of hydrogen-bond acceptors (Lipinski definition) is 6. The number of amides is 1. The van der Waals surface area contributed by atoms with Gasteiger partial charge in [0.05, 0.1) is 18.0 Å². The number of carbonyl (C=O) groups excluding carboxylic acids is 1. The minimum Gasteiger partial charge on any atom is -0.400 e. The molecule has 8 nitrogen and oxygen atoms in total. The van der Waals surface area contributed by atoms with Gasteiger partial charge in [0.15, 0.2) is 11.5 Å². The van der Waals surface area contributed by atoms with Gasteiger partial charge in [-0.15, -0.1) is 11.7 Å². The predicted octanol–water partition coefficient (Wildman–Crippen LogP) is 2.54. The summed E-state index contributed by atoms with van der Waals surface area (Å²) < 4.78 is 4.94. The molecule has 0 unspecified atom stereocenters. The molecule has 0 spiro atoms. The summed E-state index contributed by atoms with van der Waals surface area (Å²) in [6, 6.07) is 9.85. The van der Waals surface area contributed by atoms with E-state index in [9.17, 15) is 14.9 Å². The van der Waals surface area contributed by atoms with Crippen molar-refractivity contribution in [1.82, 2.24) is 0 Å². The van der Waals surface area contributed by atoms with E-state index in [-0.39, 0.29) is 23.3 Å². The standard InChI is InChI=1S/C16H12N4O4/c1-2-9-19-13-6-4-3-5-12(13)15(16(19)21)18-17-10-11-7-8-14(24-11)20(22)23/h2-8,10H,1,9H2/b17-10+,18-15-. The van der Waals surface area contributed by atoms with Crippen LogP contribution in [0.15, 0.2) is 63.7 Å². The van der Waals surface area contributed by atoms with Crippen LogP contribution in [0.4, 0.5) is 11.6 Å². The summed E-state index contributed by atoms with van der Waals surface area (Å²) in [5.74, 6) is -0.491. The maximum absolute atomic E-state index is 12.4. The fraction of sp³-hybridized carbons (Fsp3) is 0.0625. The molecule has 1 aliphatic heterocycles. The van der Waals surface area contributed by atoms with E-state index in [2.05, 4.69) is 16.8 Å². The molecule has 0 saturated carbocycles. The number of benzene rings is 1. The van der Waals surface area contributed by atoms with Gasteiger partial charge in [0.1, 0.15) is 4.92 Å². The topological polar surface area (TPSA) is 101 Å². The van der Waals surface area contributed by atoms with Crippen LogP contribution in [0.25, 0.3) is 0 Å². The number of anilines is 1. The number of para-hydroxylation sites is 1. The molecule has 1 aliphatic rings. The third kappa shape index (κ3) is 2.72. The summed E-state index contributed by atoms with van der Waals surface area (Å²) >= 11 is 0. The molecule has 0 N–H and O–H groups in total. The van der Waals surface area contributed by atoms with Crippen molar-refractivity contribution < 1.29 is 14.1 Å². The lowest BCUT2D eigenvalue weighted by Gasteiger charge is -2.13. The van der Waals surface area contributed by atoms with Gasteiger partial charge in [0, 0.05) is 12.1 Å². The highest BCUT2D eigenvalue weighted by atomic mass is 16.6. The molecule has 1 aromatic heterocycles. The highest BCUT2D eigenvalue weighted by molar-refractivity contribution is 6.54. The zero-order valence-electron chi connectivity index (χ0n) is 12.5. The van der Waals surface area contributed by atoms with E-state index in [0.717, 1.165) is 5.69 Å². The Morgan fingerprint density at radius 3 is 2.79 bits per heavy atom. The fourth-order valence-corrected chi connectivity index (χ4v) is 2.32. The van der Waals surface area contributed by atoms with E-state index in [4.69, 9.17) is 4.42 Å². The molecule has 0 radical (unpaired) electrons. The Morgan fingerprint density at radius 2 is 2.08 bits per heavy atom. The number of hydrogen-bond donors (Lipinski definition) is 0. The summed E-state index contributed by atoms with van der Waals surface area (Å²) in [5, 5.41) is 18.3. The summed E-state index contributed by atoms with van der Waals surface area (Å²) in [4.78, 5) is 23.9. The molecule has 0 bridgehead atoms. The molecule has 120 valence electrons. The lowest BCUT2D eigenvalue weighted by atomic mass is 10.1. The predicted molar refractivity (Wildman–Crippen MR) is 88.5 cm³/mol. The SMILES string of the molecule is C=CCN1C(=O)/C(=N\N=C\c2ccc([N+](=O)[O-])o2)c2ccccc21. The van der Waals surface area contributed by atoms with Crippen LogP contribution in [0.2, 0.25) is 0 Å². The number of nitrogens with zero attached hydrogens (tertiary/aromatic N) is 4. The number of carbonyl (C=O) groups is 1. The molecule has 24 heavy (non-hydrogen) atoms. The fourth-order valence-electron chi connectivity index (χ4n) is 2.32. The molecule has 1 aromatic carbocycles. The molecule has 2 aromatic rings. The first-order valence-corrected chi connectivity index (χ1v) is 6.99. The quantitative estimate of drug-likeness (QED) is 0.365. The molecule has 0 atom stereocenters. The van der Waals surface area contributed by atoms with Crippen LogP contribution in [0.1, 0.15) is 11.3 Å². The van der Waals surface area contributed by atoms with Crippen LogP contribution in [0.3, 0.4) is 0 Å². The van der Waals surface area contributed by atoms with Gasteiger partial charge in [-0.05, 0) is 12.1 Å². The van der Waals surface area contributed by atoms with E-state index in [1.807, 2.05) is 12.1 Å². The highest BCUT2D eigenvalue weighted by Crippen LogP contribution is 2.29. The van der Waals surface area contributed by atoms with Crippen LogP contribution in [0.5, 0.6) is 0 Å². The number of nitro groups is 1. The maximum atomic E-state index is 12.4. The number of fused-ring (bicyclic) bond motifs is 1. The third-order valence-electron chi connectivity index (χ3n) is 3.34. The van der Waals surface area contributed by atoms with Crippen LogP contribution in [-0.4, -0.2) is 29.3 Å². The molecular formula is C16H12N4O4. The van der Waals surface area contributed by atoms with Gasteiger partial charge in [-0.2, -0.15) is 5.10 Å². The zero-order valence-corrected chi connectivity index (χ0v) is 12.5. The van der Waals surface area contributed by atoms with Crippen molar-refractivity contribution in [3.05, 3.63) is 70.5 Å². The van der Waals surface area contributed by atoms with Gasteiger partial charge >= 0.3 is 5.88 Å². The second kappa shape index (κ2) is 6.29. The molecule has 0 aliphatic carbocycles. The first-order chi connectivity index (χ1) is 11.6. The second-order valence-electron chi connectivity index (χ2n) is 4.85. The Morgan fingerprint density at radius 1 is 1.29 bits per heavy atom. The molecule has 0 saturated heterocycles. The minimum atomic E-state index is -0.646. The van der Waals surface area contributed by atoms with Crippen LogP contribution in [0, 0.1) is 10.1 Å². The zero-order chi connectivity index (χ0) is 17.1. The summed E-state index contributed by atoms with van der Waals surface area (Å²) in [5.41, 5.74) is 1.61. The van der Waals surface area contributed by atoms with Crippen molar-refractivity contribution in [2.75, 3.05) is 11.4 Å². The van der Waals surface area contributed by atoms with E-state index in [1.54, 1.807) is 23.1 Å². The van der Waals surface area contributed by atoms with Gasteiger partial charge < -0.3 is 9.32 Å². The smallest absolute Gasteiger partial charge is 0.400 e. The Balaban J connectivity index is 1.89. The average molecular weight is 324 g/mol. The second-order valence-corrected chi connectivity index (χ2v) is 4.85. The van der Waals surface area contributed by atoms with Crippen molar-refractivity contribution in [1.29, 1.82) is 0 Å². The number of furan rings is 1. The maximum Gasteiger partial charge on any atom is 0.433 e. The molecule has 0 fully saturated rings. The monoisotopic (exact) mass is 324 g/mol. The largest absolute Gasteiger partial charge is 0.433 e. The Hall–Kier alpha value is -3.55. The normalized spacial score (nSPS) is 15.2. The molecule has 1 amide bonds. The molecule has 8 heteroatoms. The summed E-state index contributed by atoms with van der Waals surface area (Å²) in [7, 11) is 0. The lowest BCUT2D eigenvalue weighted by molar-refractivity contribution is -0.402. The summed E-state index contributed by atoms with van der Waals surface area (Å²) in [6.07, 6.45) is 2.84. The molecule has 2 heterocycles. The highest BCUT2D eigenvalue weighted by Gasteiger charge is 2.32. The van der Waals surface area contributed by atoms with Crippen molar-refractivity contribution >= 4 is 29.4 Å². The van der Waals surface area contributed by atoms with Gasteiger partial charge in [0.2, 0.25) is 0 Å². The Bertz CT molecular complexity index is 882. The van der Waals surface area contributed by atoms with E-state index >= 15 is 0 Å². The van der Waals surface area contributed by atoms with E-state index in [0.29, 0.717) is 12.1 Å². The average Bonchev–Trinajstić information content (AvgIpc) is 3.14. The van der Waals surface area contributed by atoms with Crippen LogP contribution in [-0.2, 0) is 4.79 Å². The Labute approximate surface area is 136 Å². The van der Waals surface area contributed by atoms with Crippen molar-refractivity contribution in [3.8, 4) is 0 Å². The molecular weight excluding hydrogens is 312 g/mol. The Kier molecular flexibility index (Phi) is 4.02. The molecule has 3 rings (SSSR count). The van der Waals surface area contributed by atoms with Gasteiger partial charge in [-0.3, -0.25) is 14.9 Å². The number of rotatable bonds is 5. The lowest BCUT2D eigenvalue weighted by Crippen LogP contribution is -2.30. The van der Waals surface area contributed by atoms with Crippen LogP contribution < -0.4 is 4.90 Å². The minimum absolute atomic E-state index is 0.174. The van der Waals surface area contributed by atoms with E-state index in [1.165, 1.54) is 18.3 Å². The van der Waals surface area contributed by atoms with Gasteiger partial charge in [-0.25, -0.2) is 0 Å². The van der Waals surface area contributed by atoms with Crippen molar-refractivity contribution in [2.24, 2.45) is 10.2 Å². The third-order valence-corrected chi connectivity index (χ3v) is 3.34. The summed E-state index contributed by atoms with van der Waals surface area (Å²) in [6.45, 7) is 4.01. The van der Waals surface area contributed by atoms with E-state index < -0.39 is 4.92 Å². The first-order valence-electron chi connectivity index (χ1n) is 6.99. The van der Waals surface area contributed by atoms with Crippen molar-refractivity contribution in [3.63, 3.8) is 0 Å². The van der Waals surface area contributed by atoms with Gasteiger partial charge in [-0.1, -0.05) is 24.3 Å². The first kappa shape index (κ1) is 15.3. The van der Waals surface area contributed by atoms with Crippen molar-refractivity contribution in [2.45, 2.75) is 0 Å². The van der Waals surface area contributed by atoms with Gasteiger partial charge in [0.25, 0.3) is 5.91 Å². The van der Waals surface area contributed by atoms with Crippen LogP contribution >= 0.6 is 0 Å².